The number of amides is 1. The summed E-state index contributed by atoms with van der Waals surface area (Å²) in [5, 5.41) is 6.91. The standard InChI is InChI=1S/C20H19F3N4O4/c1-12-17-24-25-19(20(21,22)23)27(17)9-8-26(12)18(28)16-7-6-15(31-16)11-30-14-5-3-4-13(10-14)29-2/h3-7,10,12H,8-9,11H2,1-2H3. The molecule has 1 atom stereocenters. The van der Waals surface area contributed by atoms with Crippen molar-refractivity contribution in [3.8, 4) is 11.5 Å². The van der Waals surface area contributed by atoms with Crippen LogP contribution < -0.4 is 9.47 Å². The molecule has 3 heterocycles. The van der Waals surface area contributed by atoms with E-state index in [-0.39, 0.29) is 31.3 Å². The SMILES string of the molecule is COc1cccc(OCc2ccc(C(=O)N3CCn4c(nnc4C(F)(F)F)C3C)o2)c1. The van der Waals surface area contributed by atoms with Gasteiger partial charge in [0.2, 0.25) is 5.82 Å². The number of carbonyl (C=O) groups is 1. The second-order valence-corrected chi connectivity index (χ2v) is 6.94. The molecule has 2 aromatic heterocycles. The van der Waals surface area contributed by atoms with Gasteiger partial charge in [0.25, 0.3) is 5.91 Å². The van der Waals surface area contributed by atoms with Crippen molar-refractivity contribution in [1.29, 1.82) is 0 Å². The van der Waals surface area contributed by atoms with Crippen LogP contribution >= 0.6 is 0 Å². The highest BCUT2D eigenvalue weighted by Crippen LogP contribution is 2.33. The van der Waals surface area contributed by atoms with Gasteiger partial charge in [0.05, 0.1) is 13.2 Å². The van der Waals surface area contributed by atoms with Crippen LogP contribution in [0.2, 0.25) is 0 Å². The number of alkyl halides is 3. The van der Waals surface area contributed by atoms with Crippen molar-refractivity contribution in [3.05, 3.63) is 59.6 Å². The molecule has 0 N–H and O–H groups in total. The number of nitrogens with zero attached hydrogens (tertiary/aromatic N) is 4. The molecule has 4 rings (SSSR count). The molecule has 1 amide bonds. The minimum atomic E-state index is -4.60. The third-order valence-electron chi connectivity index (χ3n) is 4.99. The van der Waals surface area contributed by atoms with E-state index in [1.165, 1.54) is 11.0 Å². The van der Waals surface area contributed by atoms with Crippen LogP contribution in [0.1, 0.15) is 40.9 Å². The van der Waals surface area contributed by atoms with Gasteiger partial charge in [-0.1, -0.05) is 6.07 Å². The predicted octanol–water partition coefficient (Wildman–Crippen LogP) is 3.69. The molecule has 0 radical (unpaired) electrons. The number of hydrogen-bond donors (Lipinski definition) is 0. The van der Waals surface area contributed by atoms with E-state index in [9.17, 15) is 18.0 Å². The van der Waals surface area contributed by atoms with Crippen LogP contribution in [-0.2, 0) is 19.3 Å². The van der Waals surface area contributed by atoms with Crippen LogP contribution in [0.4, 0.5) is 13.2 Å². The van der Waals surface area contributed by atoms with E-state index in [2.05, 4.69) is 10.2 Å². The van der Waals surface area contributed by atoms with Gasteiger partial charge in [-0.15, -0.1) is 10.2 Å². The lowest BCUT2D eigenvalue weighted by Gasteiger charge is -2.33. The molecular weight excluding hydrogens is 417 g/mol. The lowest BCUT2D eigenvalue weighted by Crippen LogP contribution is -2.41. The minimum absolute atomic E-state index is 0.0558. The fraction of sp³-hybridized carbons (Fsp3) is 0.350. The Morgan fingerprint density at radius 1 is 1.19 bits per heavy atom. The average molecular weight is 436 g/mol. The van der Waals surface area contributed by atoms with Crippen LogP contribution in [-0.4, -0.2) is 39.2 Å². The first-order chi connectivity index (χ1) is 14.8. The zero-order chi connectivity index (χ0) is 22.2. The van der Waals surface area contributed by atoms with Crippen molar-refractivity contribution in [2.24, 2.45) is 0 Å². The summed E-state index contributed by atoms with van der Waals surface area (Å²) >= 11 is 0. The van der Waals surface area contributed by atoms with Gasteiger partial charge >= 0.3 is 6.18 Å². The number of halogens is 3. The van der Waals surface area contributed by atoms with Crippen LogP contribution in [0, 0.1) is 0 Å². The number of hydrogen-bond acceptors (Lipinski definition) is 6. The molecule has 164 valence electrons. The zero-order valence-electron chi connectivity index (χ0n) is 16.7. The molecule has 1 aromatic carbocycles. The largest absolute Gasteiger partial charge is 0.497 e. The molecule has 1 aliphatic heterocycles. The van der Waals surface area contributed by atoms with Crippen molar-refractivity contribution < 1.29 is 31.9 Å². The zero-order valence-corrected chi connectivity index (χ0v) is 16.7. The van der Waals surface area contributed by atoms with E-state index in [0.29, 0.717) is 17.3 Å². The second-order valence-electron chi connectivity index (χ2n) is 6.94. The third kappa shape index (κ3) is 4.07. The highest BCUT2D eigenvalue weighted by Gasteiger charge is 2.42. The smallest absolute Gasteiger partial charge is 0.451 e. The molecule has 0 saturated heterocycles. The Morgan fingerprint density at radius 3 is 2.71 bits per heavy atom. The second kappa shape index (κ2) is 7.97. The quantitative estimate of drug-likeness (QED) is 0.607. The van der Waals surface area contributed by atoms with Gasteiger partial charge in [-0.2, -0.15) is 13.2 Å². The van der Waals surface area contributed by atoms with E-state index < -0.39 is 23.9 Å². The Morgan fingerprint density at radius 2 is 1.97 bits per heavy atom. The number of methoxy groups -OCH3 is 1. The molecule has 0 fully saturated rings. The molecule has 3 aromatic rings. The Hall–Kier alpha value is -3.50. The summed E-state index contributed by atoms with van der Waals surface area (Å²) in [5.74, 6) is 0.305. The first-order valence-electron chi connectivity index (χ1n) is 9.44. The Balaban J connectivity index is 1.44. The number of rotatable bonds is 5. The summed E-state index contributed by atoms with van der Waals surface area (Å²) in [4.78, 5) is 14.3. The molecule has 0 spiro atoms. The first kappa shape index (κ1) is 20.8. The van der Waals surface area contributed by atoms with Crippen LogP contribution in [0.5, 0.6) is 11.5 Å². The number of benzene rings is 1. The van der Waals surface area contributed by atoms with Gasteiger partial charge in [-0.3, -0.25) is 4.79 Å². The predicted molar refractivity (Wildman–Crippen MR) is 101 cm³/mol. The van der Waals surface area contributed by atoms with Crippen LogP contribution in [0.3, 0.4) is 0 Å². The summed E-state index contributed by atoms with van der Waals surface area (Å²) < 4.78 is 56.6. The maximum Gasteiger partial charge on any atom is 0.451 e. The minimum Gasteiger partial charge on any atom is -0.497 e. The van der Waals surface area contributed by atoms with Crippen molar-refractivity contribution in [3.63, 3.8) is 0 Å². The summed E-state index contributed by atoms with van der Waals surface area (Å²) in [6.45, 7) is 1.72. The average Bonchev–Trinajstić information content (AvgIpc) is 3.39. The van der Waals surface area contributed by atoms with Crippen molar-refractivity contribution >= 4 is 5.91 Å². The van der Waals surface area contributed by atoms with Crippen molar-refractivity contribution in [2.45, 2.75) is 32.3 Å². The number of carbonyl (C=O) groups excluding carboxylic acids is 1. The molecule has 31 heavy (non-hydrogen) atoms. The van der Waals surface area contributed by atoms with Gasteiger partial charge in [0.1, 0.15) is 23.9 Å². The third-order valence-corrected chi connectivity index (χ3v) is 4.99. The van der Waals surface area contributed by atoms with E-state index in [4.69, 9.17) is 13.9 Å². The number of aromatic nitrogens is 3. The Labute approximate surface area is 175 Å². The maximum absolute atomic E-state index is 13.1. The van der Waals surface area contributed by atoms with E-state index in [1.54, 1.807) is 44.4 Å². The van der Waals surface area contributed by atoms with Gasteiger partial charge in [-0.25, -0.2) is 0 Å². The number of ether oxygens (including phenoxy) is 2. The van der Waals surface area contributed by atoms with Gasteiger partial charge in [0.15, 0.2) is 11.6 Å². The summed E-state index contributed by atoms with van der Waals surface area (Å²) in [7, 11) is 1.55. The lowest BCUT2D eigenvalue weighted by atomic mass is 10.2. The van der Waals surface area contributed by atoms with Crippen LogP contribution in [0.15, 0.2) is 40.8 Å². The highest BCUT2D eigenvalue weighted by atomic mass is 19.4. The fourth-order valence-corrected chi connectivity index (χ4v) is 3.43. The van der Waals surface area contributed by atoms with Crippen molar-refractivity contribution in [2.75, 3.05) is 13.7 Å². The molecule has 8 nitrogen and oxygen atoms in total. The highest BCUT2D eigenvalue weighted by molar-refractivity contribution is 5.91. The summed E-state index contributed by atoms with van der Waals surface area (Å²) in [6, 6.07) is 9.49. The molecule has 0 saturated carbocycles. The molecular formula is C20H19F3N4O4. The number of fused-ring (bicyclic) bond motifs is 1. The molecule has 11 heteroatoms. The summed E-state index contributed by atoms with van der Waals surface area (Å²) in [6.07, 6.45) is -4.60. The number of furan rings is 1. The lowest BCUT2D eigenvalue weighted by molar-refractivity contribution is -0.148. The topological polar surface area (TPSA) is 82.6 Å². The maximum atomic E-state index is 13.1. The van der Waals surface area contributed by atoms with Gasteiger partial charge in [-0.05, 0) is 31.2 Å². The fourth-order valence-electron chi connectivity index (χ4n) is 3.43. The van der Waals surface area contributed by atoms with Gasteiger partial charge in [0, 0.05) is 19.2 Å². The monoisotopic (exact) mass is 436 g/mol. The van der Waals surface area contributed by atoms with E-state index in [1.807, 2.05) is 0 Å². The Kier molecular flexibility index (Phi) is 5.34. The molecule has 1 aliphatic rings. The van der Waals surface area contributed by atoms with E-state index in [0.717, 1.165) is 4.57 Å². The summed E-state index contributed by atoms with van der Waals surface area (Å²) in [5.41, 5.74) is 0. The Bertz CT molecular complexity index is 1090. The molecule has 0 bridgehead atoms. The van der Waals surface area contributed by atoms with E-state index >= 15 is 0 Å². The first-order valence-corrected chi connectivity index (χ1v) is 9.44. The van der Waals surface area contributed by atoms with Crippen molar-refractivity contribution in [1.82, 2.24) is 19.7 Å². The normalized spacial score (nSPS) is 16.2. The van der Waals surface area contributed by atoms with Crippen LogP contribution in [0.25, 0.3) is 0 Å². The molecule has 1 unspecified atom stereocenters. The van der Waals surface area contributed by atoms with Gasteiger partial charge < -0.3 is 23.4 Å². The molecule has 0 aliphatic carbocycles.